The Hall–Kier alpha value is -2.28. The SMILES string of the molecule is O=C(CCc1ccccc1F)N1CC(S(=O)(=O)c2ccc(F)cc2)C1. The number of carbonyl (C=O) groups is 1. The van der Waals surface area contributed by atoms with Crippen molar-refractivity contribution in [3.05, 3.63) is 65.7 Å². The molecule has 0 N–H and O–H groups in total. The lowest BCUT2D eigenvalue weighted by atomic mass is 10.1. The number of amides is 1. The molecule has 1 heterocycles. The number of likely N-dealkylation sites (tertiary alicyclic amines) is 1. The van der Waals surface area contributed by atoms with Crippen LogP contribution in [0.5, 0.6) is 0 Å². The third-order valence-corrected chi connectivity index (χ3v) is 6.45. The Morgan fingerprint density at radius 2 is 1.68 bits per heavy atom. The molecule has 2 aromatic carbocycles. The first-order valence-corrected chi connectivity index (χ1v) is 9.43. The van der Waals surface area contributed by atoms with E-state index in [2.05, 4.69) is 0 Å². The van der Waals surface area contributed by atoms with Crippen molar-refractivity contribution in [2.75, 3.05) is 13.1 Å². The first-order valence-electron chi connectivity index (χ1n) is 7.88. The summed E-state index contributed by atoms with van der Waals surface area (Å²) < 4.78 is 51.3. The fourth-order valence-corrected chi connectivity index (χ4v) is 4.41. The van der Waals surface area contributed by atoms with Crippen molar-refractivity contribution in [3.8, 4) is 0 Å². The zero-order chi connectivity index (χ0) is 18.0. The van der Waals surface area contributed by atoms with Gasteiger partial charge in [0, 0.05) is 19.5 Å². The van der Waals surface area contributed by atoms with E-state index in [-0.39, 0.29) is 42.6 Å². The Labute approximate surface area is 145 Å². The highest BCUT2D eigenvalue weighted by Crippen LogP contribution is 2.24. The smallest absolute Gasteiger partial charge is 0.222 e. The molecule has 0 spiro atoms. The summed E-state index contributed by atoms with van der Waals surface area (Å²) >= 11 is 0. The van der Waals surface area contributed by atoms with Crippen LogP contribution in [0.25, 0.3) is 0 Å². The van der Waals surface area contributed by atoms with Crippen LogP contribution in [0.3, 0.4) is 0 Å². The Bertz CT molecular complexity index is 875. The fourth-order valence-electron chi connectivity index (χ4n) is 2.76. The van der Waals surface area contributed by atoms with Crippen LogP contribution < -0.4 is 0 Å². The van der Waals surface area contributed by atoms with E-state index in [0.29, 0.717) is 5.56 Å². The molecule has 1 fully saturated rings. The van der Waals surface area contributed by atoms with Gasteiger partial charge in [0.2, 0.25) is 5.91 Å². The monoisotopic (exact) mass is 365 g/mol. The van der Waals surface area contributed by atoms with E-state index in [4.69, 9.17) is 0 Å². The van der Waals surface area contributed by atoms with Crippen molar-refractivity contribution in [3.63, 3.8) is 0 Å². The van der Waals surface area contributed by atoms with E-state index >= 15 is 0 Å². The zero-order valence-corrected chi connectivity index (χ0v) is 14.2. The second-order valence-corrected chi connectivity index (χ2v) is 8.24. The summed E-state index contributed by atoms with van der Waals surface area (Å²) in [5, 5.41) is -0.685. The number of carbonyl (C=O) groups excluding carboxylic acids is 1. The molecule has 1 aliphatic heterocycles. The summed E-state index contributed by atoms with van der Waals surface area (Å²) in [6.45, 7) is 0.214. The molecule has 0 radical (unpaired) electrons. The number of nitrogens with zero attached hydrogens (tertiary/aromatic N) is 1. The van der Waals surface area contributed by atoms with E-state index in [1.165, 1.54) is 23.1 Å². The van der Waals surface area contributed by atoms with Gasteiger partial charge in [-0.1, -0.05) is 18.2 Å². The van der Waals surface area contributed by atoms with E-state index in [1.54, 1.807) is 18.2 Å². The first-order chi connectivity index (χ1) is 11.9. The summed E-state index contributed by atoms with van der Waals surface area (Å²) in [6.07, 6.45) is 0.404. The van der Waals surface area contributed by atoms with Crippen molar-refractivity contribution in [1.29, 1.82) is 0 Å². The van der Waals surface area contributed by atoms with Crippen LogP contribution in [0.4, 0.5) is 8.78 Å². The molecule has 0 aliphatic carbocycles. The van der Waals surface area contributed by atoms with Gasteiger partial charge in [-0.25, -0.2) is 17.2 Å². The number of rotatable bonds is 5. The zero-order valence-electron chi connectivity index (χ0n) is 13.4. The topological polar surface area (TPSA) is 54.5 Å². The molecular formula is C18H17F2NO3S. The van der Waals surface area contributed by atoms with Crippen molar-refractivity contribution in [2.24, 2.45) is 0 Å². The minimum Gasteiger partial charge on any atom is -0.340 e. The van der Waals surface area contributed by atoms with E-state index in [9.17, 15) is 22.0 Å². The number of sulfone groups is 1. The van der Waals surface area contributed by atoms with Gasteiger partial charge in [0.05, 0.1) is 4.90 Å². The largest absolute Gasteiger partial charge is 0.340 e. The molecule has 7 heteroatoms. The normalized spacial score (nSPS) is 15.0. The lowest BCUT2D eigenvalue weighted by molar-refractivity contribution is -0.134. The van der Waals surface area contributed by atoms with Gasteiger partial charge < -0.3 is 4.90 Å². The molecule has 0 unspecified atom stereocenters. The minimum absolute atomic E-state index is 0.0531. The first kappa shape index (κ1) is 17.5. The summed E-state index contributed by atoms with van der Waals surface area (Å²) in [4.78, 5) is 13.6. The number of benzene rings is 2. The molecule has 4 nitrogen and oxygen atoms in total. The molecule has 132 valence electrons. The highest BCUT2D eigenvalue weighted by atomic mass is 32.2. The molecule has 0 saturated carbocycles. The maximum Gasteiger partial charge on any atom is 0.222 e. The van der Waals surface area contributed by atoms with Gasteiger partial charge in [-0.15, -0.1) is 0 Å². The third-order valence-electron chi connectivity index (χ3n) is 4.35. The Morgan fingerprint density at radius 3 is 2.32 bits per heavy atom. The van der Waals surface area contributed by atoms with Gasteiger partial charge in [-0.2, -0.15) is 0 Å². The average molecular weight is 365 g/mol. The van der Waals surface area contributed by atoms with Crippen molar-refractivity contribution in [2.45, 2.75) is 23.0 Å². The standard InChI is InChI=1S/C18H17F2NO3S/c19-14-6-8-15(9-7-14)25(23,24)16-11-21(12-16)18(22)10-5-13-3-1-2-4-17(13)20/h1-4,6-9,16H,5,10-12H2. The van der Waals surface area contributed by atoms with E-state index in [1.807, 2.05) is 0 Å². The predicted molar refractivity (Wildman–Crippen MR) is 88.7 cm³/mol. The molecule has 3 rings (SSSR count). The van der Waals surface area contributed by atoms with Gasteiger partial charge in [0.25, 0.3) is 0 Å². The molecule has 0 bridgehead atoms. The van der Waals surface area contributed by atoms with Crippen LogP contribution in [0.15, 0.2) is 53.4 Å². The Balaban J connectivity index is 1.55. The summed E-state index contributed by atoms with van der Waals surface area (Å²) in [5.41, 5.74) is 0.465. The molecule has 1 amide bonds. The number of hydrogen-bond donors (Lipinski definition) is 0. The van der Waals surface area contributed by atoms with Crippen LogP contribution in [0, 0.1) is 11.6 Å². The molecule has 2 aromatic rings. The lowest BCUT2D eigenvalue weighted by Gasteiger charge is -2.38. The van der Waals surface area contributed by atoms with Crippen LogP contribution in [-0.2, 0) is 21.1 Å². The second kappa shape index (κ2) is 6.92. The molecule has 1 aliphatic rings. The second-order valence-electron chi connectivity index (χ2n) is 6.01. The summed E-state index contributed by atoms with van der Waals surface area (Å²) in [7, 11) is -3.58. The molecule has 1 saturated heterocycles. The van der Waals surface area contributed by atoms with Crippen LogP contribution >= 0.6 is 0 Å². The van der Waals surface area contributed by atoms with E-state index < -0.39 is 20.9 Å². The highest BCUT2D eigenvalue weighted by molar-refractivity contribution is 7.92. The maximum absolute atomic E-state index is 13.5. The van der Waals surface area contributed by atoms with Crippen molar-refractivity contribution < 1.29 is 22.0 Å². The predicted octanol–water partition coefficient (Wildman–Crippen LogP) is 2.58. The minimum atomic E-state index is -3.58. The van der Waals surface area contributed by atoms with Crippen LogP contribution in [0.1, 0.15) is 12.0 Å². The Morgan fingerprint density at radius 1 is 1.04 bits per heavy atom. The molecular weight excluding hydrogens is 348 g/mol. The maximum atomic E-state index is 13.5. The lowest BCUT2D eigenvalue weighted by Crippen LogP contribution is -2.56. The van der Waals surface area contributed by atoms with Gasteiger partial charge in [-0.05, 0) is 42.3 Å². The molecule has 0 aromatic heterocycles. The summed E-state index contributed by atoms with van der Waals surface area (Å²) in [6, 6.07) is 10.9. The van der Waals surface area contributed by atoms with Crippen molar-refractivity contribution >= 4 is 15.7 Å². The quantitative estimate of drug-likeness (QED) is 0.766. The third kappa shape index (κ3) is 3.71. The fraction of sp³-hybridized carbons (Fsp3) is 0.278. The summed E-state index contributed by atoms with van der Waals surface area (Å²) in [5.74, 6) is -1.05. The van der Waals surface area contributed by atoms with Gasteiger partial charge >= 0.3 is 0 Å². The molecule has 25 heavy (non-hydrogen) atoms. The van der Waals surface area contributed by atoms with Gasteiger partial charge in [-0.3, -0.25) is 4.79 Å². The average Bonchev–Trinajstić information content (AvgIpc) is 2.53. The van der Waals surface area contributed by atoms with Crippen molar-refractivity contribution in [1.82, 2.24) is 4.90 Å². The number of aryl methyl sites for hydroxylation is 1. The van der Waals surface area contributed by atoms with Crippen LogP contribution in [0.2, 0.25) is 0 Å². The van der Waals surface area contributed by atoms with E-state index in [0.717, 1.165) is 12.1 Å². The van der Waals surface area contributed by atoms with Gasteiger partial charge in [0.1, 0.15) is 16.9 Å². The van der Waals surface area contributed by atoms with Gasteiger partial charge in [0.15, 0.2) is 9.84 Å². The highest BCUT2D eigenvalue weighted by Gasteiger charge is 2.40. The Kier molecular flexibility index (Phi) is 4.85. The molecule has 0 atom stereocenters. The number of halogens is 2. The number of hydrogen-bond acceptors (Lipinski definition) is 3. The van der Waals surface area contributed by atoms with Crippen LogP contribution in [-0.4, -0.2) is 37.6 Å².